The molecule has 0 heterocycles. The maximum absolute atomic E-state index is 11.7. The van der Waals surface area contributed by atoms with Gasteiger partial charge in [0.25, 0.3) is 5.66 Å². The molecule has 0 amide bonds. The second-order valence-electron chi connectivity index (χ2n) is 1.51. The SMILES string of the molecule is CC.CCCC(F)(F)P. The number of rotatable bonds is 2. The number of hydrogen-bond donors (Lipinski definition) is 0. The van der Waals surface area contributed by atoms with Crippen molar-refractivity contribution in [2.45, 2.75) is 39.3 Å². The smallest absolute Gasteiger partial charge is 0.203 e. The van der Waals surface area contributed by atoms with Gasteiger partial charge in [0, 0.05) is 6.42 Å². The molecule has 0 bridgehead atoms. The van der Waals surface area contributed by atoms with Crippen LogP contribution in [0.4, 0.5) is 8.78 Å². The van der Waals surface area contributed by atoms with Crippen LogP contribution in [0.1, 0.15) is 33.6 Å². The van der Waals surface area contributed by atoms with E-state index < -0.39 is 5.66 Å². The summed E-state index contributed by atoms with van der Waals surface area (Å²) in [7, 11) is 1.50. The van der Waals surface area contributed by atoms with Crippen LogP contribution in [0.2, 0.25) is 0 Å². The zero-order valence-electron chi connectivity index (χ0n) is 6.25. The summed E-state index contributed by atoms with van der Waals surface area (Å²) in [5.41, 5.74) is -2.53. The van der Waals surface area contributed by atoms with Gasteiger partial charge in [-0.25, -0.2) is 8.78 Å². The fourth-order valence-electron chi connectivity index (χ4n) is 0.333. The van der Waals surface area contributed by atoms with E-state index in [0.717, 1.165) is 0 Å². The summed E-state index contributed by atoms with van der Waals surface area (Å²) in [4.78, 5) is 0. The lowest BCUT2D eigenvalue weighted by Gasteiger charge is -2.05. The lowest BCUT2D eigenvalue weighted by Crippen LogP contribution is -2.01. The van der Waals surface area contributed by atoms with E-state index in [1.54, 1.807) is 6.92 Å². The first-order valence-corrected chi connectivity index (χ1v) is 3.80. The van der Waals surface area contributed by atoms with Crippen molar-refractivity contribution in [2.24, 2.45) is 0 Å². The number of hydrogen-bond acceptors (Lipinski definition) is 0. The third kappa shape index (κ3) is 17.8. The van der Waals surface area contributed by atoms with Gasteiger partial charge in [-0.1, -0.05) is 36.4 Å². The first-order valence-electron chi connectivity index (χ1n) is 3.23. The Morgan fingerprint density at radius 1 is 1.33 bits per heavy atom. The van der Waals surface area contributed by atoms with Gasteiger partial charge >= 0.3 is 0 Å². The molecule has 58 valence electrons. The summed E-state index contributed by atoms with van der Waals surface area (Å²) in [6.45, 7) is 5.73. The molecule has 0 aliphatic carbocycles. The van der Waals surface area contributed by atoms with Gasteiger partial charge < -0.3 is 0 Å². The van der Waals surface area contributed by atoms with Crippen LogP contribution in [0.25, 0.3) is 0 Å². The van der Waals surface area contributed by atoms with E-state index in [9.17, 15) is 8.78 Å². The van der Waals surface area contributed by atoms with Crippen LogP contribution in [-0.2, 0) is 0 Å². The summed E-state index contributed by atoms with van der Waals surface area (Å²) < 4.78 is 23.4. The molecule has 0 aliphatic heterocycles. The Balaban J connectivity index is 0. The Kier molecular flexibility index (Phi) is 8.56. The predicted octanol–water partition coefficient (Wildman–Crippen LogP) is 3.28. The van der Waals surface area contributed by atoms with Gasteiger partial charge in [0.05, 0.1) is 0 Å². The minimum absolute atomic E-state index is 0.0301. The monoisotopic (exact) mass is 156 g/mol. The molecule has 0 rings (SSSR count). The standard InChI is InChI=1S/C4H9F2P.C2H6/c1-2-3-4(5,6)7;1-2/h2-3,7H2,1H3;1-2H3. The minimum atomic E-state index is -2.53. The van der Waals surface area contributed by atoms with Gasteiger partial charge in [0.15, 0.2) is 0 Å². The van der Waals surface area contributed by atoms with Crippen LogP contribution in [0.15, 0.2) is 0 Å². The fraction of sp³-hybridized carbons (Fsp3) is 1.00. The molecule has 0 N–H and O–H groups in total. The average molecular weight is 156 g/mol. The lowest BCUT2D eigenvalue weighted by molar-refractivity contribution is 0.0935. The van der Waals surface area contributed by atoms with Gasteiger partial charge in [0.1, 0.15) is 0 Å². The summed E-state index contributed by atoms with van der Waals surface area (Å²) in [5.74, 6) is 0. The lowest BCUT2D eigenvalue weighted by atomic mass is 10.3. The fourth-order valence-corrected chi connectivity index (χ4v) is 0.622. The van der Waals surface area contributed by atoms with Crippen molar-refractivity contribution < 1.29 is 8.78 Å². The highest BCUT2D eigenvalue weighted by atomic mass is 31.0. The largest absolute Gasteiger partial charge is 0.259 e. The summed E-state index contributed by atoms with van der Waals surface area (Å²) >= 11 is 0. The predicted molar refractivity (Wildman–Crippen MR) is 40.9 cm³/mol. The van der Waals surface area contributed by atoms with Crippen molar-refractivity contribution in [1.82, 2.24) is 0 Å². The molecule has 0 nitrogen and oxygen atoms in total. The van der Waals surface area contributed by atoms with Gasteiger partial charge in [0.2, 0.25) is 0 Å². The third-order valence-corrected chi connectivity index (χ3v) is 0.872. The van der Waals surface area contributed by atoms with Crippen LogP contribution in [0.3, 0.4) is 0 Å². The summed E-state index contributed by atoms with van der Waals surface area (Å²) in [5, 5.41) is 0. The maximum atomic E-state index is 11.7. The highest BCUT2D eigenvalue weighted by molar-refractivity contribution is 7.18. The molecule has 1 atom stereocenters. The minimum Gasteiger partial charge on any atom is -0.203 e. The highest BCUT2D eigenvalue weighted by Crippen LogP contribution is 2.26. The molecular formula is C6H15F2P. The Bertz CT molecular complexity index is 49.5. The van der Waals surface area contributed by atoms with E-state index >= 15 is 0 Å². The van der Waals surface area contributed by atoms with Crippen molar-refractivity contribution in [1.29, 1.82) is 0 Å². The van der Waals surface area contributed by atoms with Crippen LogP contribution in [0, 0.1) is 0 Å². The quantitative estimate of drug-likeness (QED) is 0.538. The number of alkyl halides is 2. The Morgan fingerprint density at radius 2 is 1.67 bits per heavy atom. The summed E-state index contributed by atoms with van der Waals surface area (Å²) in [6.07, 6.45) is 0.508. The number of halogens is 2. The first-order chi connectivity index (χ1) is 4.06. The normalized spacial score (nSPS) is 10.0. The molecule has 0 fully saturated rings. The maximum Gasteiger partial charge on any atom is 0.259 e. The van der Waals surface area contributed by atoms with Crippen LogP contribution >= 0.6 is 9.24 Å². The van der Waals surface area contributed by atoms with Crippen LogP contribution < -0.4 is 0 Å². The molecule has 0 radical (unpaired) electrons. The van der Waals surface area contributed by atoms with Crippen molar-refractivity contribution in [3.63, 3.8) is 0 Å². The van der Waals surface area contributed by atoms with E-state index in [1.807, 2.05) is 13.8 Å². The zero-order chi connectivity index (χ0) is 7.91. The van der Waals surface area contributed by atoms with E-state index in [-0.39, 0.29) is 6.42 Å². The van der Waals surface area contributed by atoms with Crippen molar-refractivity contribution in [2.75, 3.05) is 0 Å². The molecule has 3 heteroatoms. The van der Waals surface area contributed by atoms with Gasteiger partial charge in [-0.2, -0.15) is 0 Å². The molecule has 0 aromatic rings. The molecule has 0 spiro atoms. The highest BCUT2D eigenvalue weighted by Gasteiger charge is 2.18. The molecule has 0 aromatic carbocycles. The molecule has 1 unspecified atom stereocenters. The van der Waals surface area contributed by atoms with E-state index in [0.29, 0.717) is 6.42 Å². The second kappa shape index (κ2) is 6.41. The third-order valence-electron chi connectivity index (χ3n) is 0.583. The molecule has 0 saturated carbocycles. The molecular weight excluding hydrogens is 141 g/mol. The average Bonchev–Trinajstić information content (AvgIpc) is 1.69. The van der Waals surface area contributed by atoms with Crippen LogP contribution in [-0.4, -0.2) is 5.66 Å². The second-order valence-corrected chi connectivity index (χ2v) is 2.36. The summed E-state index contributed by atoms with van der Waals surface area (Å²) in [6, 6.07) is 0. The molecule has 9 heavy (non-hydrogen) atoms. The Labute approximate surface area is 58.2 Å². The Morgan fingerprint density at radius 3 is 1.67 bits per heavy atom. The van der Waals surface area contributed by atoms with Gasteiger partial charge in [-0.3, -0.25) is 0 Å². The van der Waals surface area contributed by atoms with Gasteiger partial charge in [-0.05, 0) is 0 Å². The molecule has 0 aliphatic rings. The van der Waals surface area contributed by atoms with Crippen molar-refractivity contribution >= 4 is 9.24 Å². The van der Waals surface area contributed by atoms with E-state index in [4.69, 9.17) is 0 Å². The van der Waals surface area contributed by atoms with Crippen molar-refractivity contribution in [3.05, 3.63) is 0 Å². The zero-order valence-corrected chi connectivity index (χ0v) is 7.40. The first kappa shape index (κ1) is 12.0. The van der Waals surface area contributed by atoms with Crippen molar-refractivity contribution in [3.8, 4) is 0 Å². The topological polar surface area (TPSA) is 0 Å². The van der Waals surface area contributed by atoms with Gasteiger partial charge in [-0.15, -0.1) is 0 Å². The Hall–Kier alpha value is 0.290. The van der Waals surface area contributed by atoms with E-state index in [2.05, 4.69) is 0 Å². The van der Waals surface area contributed by atoms with Crippen LogP contribution in [0.5, 0.6) is 0 Å². The van der Waals surface area contributed by atoms with E-state index in [1.165, 1.54) is 9.24 Å². The molecule has 0 saturated heterocycles. The molecule has 0 aromatic heterocycles.